The number of nitrogens with two attached hydrogens (primary N) is 1. The lowest BCUT2D eigenvalue weighted by molar-refractivity contribution is -0.124. The van der Waals surface area contributed by atoms with Crippen molar-refractivity contribution in [3.8, 4) is 0 Å². The van der Waals surface area contributed by atoms with Gasteiger partial charge in [-0.3, -0.25) is 4.79 Å². The van der Waals surface area contributed by atoms with Gasteiger partial charge >= 0.3 is 0 Å². The molecule has 4 nitrogen and oxygen atoms in total. The number of hydrogen-bond donors (Lipinski definition) is 3. The lowest BCUT2D eigenvalue weighted by Crippen LogP contribution is -2.49. The Morgan fingerprint density at radius 2 is 1.94 bits per heavy atom. The normalized spacial score (nSPS) is 18.6. The number of nitrogens with one attached hydrogen (secondary N) is 1. The zero-order valence-electron chi connectivity index (χ0n) is 11.8. The van der Waals surface area contributed by atoms with Crippen molar-refractivity contribution in [3.63, 3.8) is 0 Å². The van der Waals surface area contributed by atoms with Crippen molar-refractivity contribution in [1.29, 1.82) is 0 Å². The molecule has 0 aromatic carbocycles. The molecule has 0 spiro atoms. The van der Waals surface area contributed by atoms with E-state index in [1.54, 1.807) is 6.92 Å². The van der Waals surface area contributed by atoms with E-state index in [4.69, 9.17) is 5.73 Å². The maximum Gasteiger partial charge on any atom is 0.237 e. The quantitative estimate of drug-likeness (QED) is 0.631. The highest BCUT2D eigenvalue weighted by Crippen LogP contribution is 2.15. The van der Waals surface area contributed by atoms with Gasteiger partial charge in [-0.1, -0.05) is 34.1 Å². The maximum atomic E-state index is 11.7. The largest absolute Gasteiger partial charge is 0.388 e. The van der Waals surface area contributed by atoms with E-state index in [2.05, 4.69) is 5.32 Å². The summed E-state index contributed by atoms with van der Waals surface area (Å²) in [4.78, 5) is 11.7. The van der Waals surface area contributed by atoms with Crippen LogP contribution in [0.1, 0.15) is 47.5 Å². The van der Waals surface area contributed by atoms with Crippen LogP contribution < -0.4 is 11.1 Å². The van der Waals surface area contributed by atoms with E-state index in [0.717, 1.165) is 6.42 Å². The zero-order chi connectivity index (χ0) is 13.6. The number of carbonyl (C=O) groups is 1. The summed E-state index contributed by atoms with van der Waals surface area (Å²) in [6, 6.07) is -0.491. The monoisotopic (exact) mass is 244 g/mol. The lowest BCUT2D eigenvalue weighted by atomic mass is 9.93. The van der Waals surface area contributed by atoms with Gasteiger partial charge in [0.15, 0.2) is 0 Å². The van der Waals surface area contributed by atoms with Gasteiger partial charge in [-0.2, -0.15) is 0 Å². The Kier molecular flexibility index (Phi) is 6.72. The van der Waals surface area contributed by atoms with E-state index in [-0.39, 0.29) is 18.4 Å². The molecule has 0 aromatic heterocycles. The summed E-state index contributed by atoms with van der Waals surface area (Å²) in [5.74, 6) is 0.374. The summed E-state index contributed by atoms with van der Waals surface area (Å²) in [5, 5.41) is 12.8. The van der Waals surface area contributed by atoms with Gasteiger partial charge in [0.2, 0.25) is 5.91 Å². The Morgan fingerprint density at radius 1 is 1.41 bits per heavy atom. The van der Waals surface area contributed by atoms with Crippen molar-refractivity contribution >= 4 is 5.91 Å². The molecule has 0 aliphatic heterocycles. The third-order valence-electron chi connectivity index (χ3n) is 3.05. The highest BCUT2D eigenvalue weighted by molar-refractivity contribution is 5.81. The molecule has 0 saturated carbocycles. The molecule has 0 bridgehead atoms. The van der Waals surface area contributed by atoms with E-state index in [9.17, 15) is 9.90 Å². The Morgan fingerprint density at radius 3 is 2.35 bits per heavy atom. The minimum Gasteiger partial charge on any atom is -0.388 e. The predicted octanol–water partition coefficient (Wildman–Crippen LogP) is 1.27. The van der Waals surface area contributed by atoms with Gasteiger partial charge in [0.05, 0.1) is 11.6 Å². The number of hydrogen-bond acceptors (Lipinski definition) is 3. The maximum absolute atomic E-state index is 11.7. The summed E-state index contributed by atoms with van der Waals surface area (Å²) < 4.78 is 0. The Hall–Kier alpha value is -0.610. The second-order valence-corrected chi connectivity index (χ2v) is 5.72. The van der Waals surface area contributed by atoms with E-state index in [0.29, 0.717) is 12.3 Å². The van der Waals surface area contributed by atoms with Crippen molar-refractivity contribution in [1.82, 2.24) is 5.32 Å². The number of aliphatic hydroxyl groups is 1. The molecule has 0 heterocycles. The number of carbonyl (C=O) groups excluding carboxylic acids is 1. The first-order valence-electron chi connectivity index (χ1n) is 6.45. The first-order chi connectivity index (χ1) is 7.69. The summed E-state index contributed by atoms with van der Waals surface area (Å²) in [6.07, 6.45) is 1.53. The molecule has 3 atom stereocenters. The smallest absolute Gasteiger partial charge is 0.237 e. The minimum atomic E-state index is -0.862. The zero-order valence-corrected chi connectivity index (χ0v) is 11.8. The molecule has 0 rings (SSSR count). The van der Waals surface area contributed by atoms with Gasteiger partial charge in [0, 0.05) is 6.54 Å². The third-order valence-corrected chi connectivity index (χ3v) is 3.05. The Labute approximate surface area is 105 Å². The average Bonchev–Trinajstić information content (AvgIpc) is 2.22. The SMILES string of the molecule is CCC(C)C(N)C(=O)NCC(C)(O)CC(C)C. The van der Waals surface area contributed by atoms with Crippen molar-refractivity contribution in [3.05, 3.63) is 0 Å². The van der Waals surface area contributed by atoms with E-state index < -0.39 is 11.6 Å². The highest BCUT2D eigenvalue weighted by Gasteiger charge is 2.25. The van der Waals surface area contributed by atoms with Crippen LogP contribution >= 0.6 is 0 Å². The standard InChI is InChI=1S/C13H28N2O2/c1-6-10(4)11(14)12(16)15-8-13(5,17)7-9(2)3/h9-11,17H,6-8,14H2,1-5H3,(H,15,16). The topological polar surface area (TPSA) is 75.4 Å². The summed E-state index contributed by atoms with van der Waals surface area (Å²) in [7, 11) is 0. The fourth-order valence-electron chi connectivity index (χ4n) is 1.86. The second-order valence-electron chi connectivity index (χ2n) is 5.72. The molecule has 102 valence electrons. The van der Waals surface area contributed by atoms with Crippen LogP contribution in [0.15, 0.2) is 0 Å². The molecule has 4 N–H and O–H groups in total. The molecule has 17 heavy (non-hydrogen) atoms. The van der Waals surface area contributed by atoms with Crippen LogP contribution in [-0.4, -0.2) is 29.2 Å². The van der Waals surface area contributed by atoms with Crippen LogP contribution in [0.25, 0.3) is 0 Å². The lowest BCUT2D eigenvalue weighted by Gasteiger charge is -2.27. The van der Waals surface area contributed by atoms with Crippen molar-refractivity contribution in [2.75, 3.05) is 6.54 Å². The summed E-state index contributed by atoms with van der Waals surface area (Å²) in [6.45, 7) is 10.0. The summed E-state index contributed by atoms with van der Waals surface area (Å²) >= 11 is 0. The van der Waals surface area contributed by atoms with Crippen LogP contribution in [-0.2, 0) is 4.79 Å². The van der Waals surface area contributed by atoms with Crippen LogP contribution in [0.5, 0.6) is 0 Å². The molecule has 0 aliphatic carbocycles. The molecule has 0 fully saturated rings. The fourth-order valence-corrected chi connectivity index (χ4v) is 1.86. The van der Waals surface area contributed by atoms with Crippen molar-refractivity contribution in [2.45, 2.75) is 59.1 Å². The van der Waals surface area contributed by atoms with Gasteiger partial charge < -0.3 is 16.2 Å². The van der Waals surface area contributed by atoms with Crippen LogP contribution in [0, 0.1) is 11.8 Å². The van der Waals surface area contributed by atoms with Gasteiger partial charge in [-0.05, 0) is 25.2 Å². The van der Waals surface area contributed by atoms with Crippen molar-refractivity contribution < 1.29 is 9.90 Å². The number of rotatable bonds is 7. The van der Waals surface area contributed by atoms with Gasteiger partial charge in [-0.15, -0.1) is 0 Å². The summed E-state index contributed by atoms with van der Waals surface area (Å²) in [5.41, 5.74) is 4.95. The van der Waals surface area contributed by atoms with E-state index in [1.165, 1.54) is 0 Å². The number of amides is 1. The average molecular weight is 244 g/mol. The van der Waals surface area contributed by atoms with Crippen LogP contribution in [0.4, 0.5) is 0 Å². The molecule has 0 aromatic rings. The van der Waals surface area contributed by atoms with Gasteiger partial charge in [0.25, 0.3) is 0 Å². The highest BCUT2D eigenvalue weighted by atomic mass is 16.3. The molecule has 0 aliphatic rings. The van der Waals surface area contributed by atoms with Crippen LogP contribution in [0.3, 0.4) is 0 Å². The Balaban J connectivity index is 4.15. The van der Waals surface area contributed by atoms with E-state index in [1.807, 2.05) is 27.7 Å². The second kappa shape index (κ2) is 6.97. The van der Waals surface area contributed by atoms with Gasteiger partial charge in [0.1, 0.15) is 0 Å². The molecule has 3 unspecified atom stereocenters. The first kappa shape index (κ1) is 16.4. The fraction of sp³-hybridized carbons (Fsp3) is 0.923. The Bertz CT molecular complexity index is 240. The first-order valence-corrected chi connectivity index (χ1v) is 6.45. The van der Waals surface area contributed by atoms with Crippen molar-refractivity contribution in [2.24, 2.45) is 17.6 Å². The molecule has 1 amide bonds. The molecule has 0 saturated heterocycles. The molecular weight excluding hydrogens is 216 g/mol. The molecular formula is C13H28N2O2. The van der Waals surface area contributed by atoms with Crippen LogP contribution in [0.2, 0.25) is 0 Å². The van der Waals surface area contributed by atoms with E-state index >= 15 is 0 Å². The van der Waals surface area contributed by atoms with Gasteiger partial charge in [-0.25, -0.2) is 0 Å². The predicted molar refractivity (Wildman–Crippen MR) is 70.5 cm³/mol. The molecule has 4 heteroatoms. The third kappa shape index (κ3) is 6.64. The minimum absolute atomic E-state index is 0.157. The molecule has 0 radical (unpaired) electrons.